The number of carbonyl (C=O) groups is 1. The van der Waals surface area contributed by atoms with E-state index in [1.165, 1.54) is 11.0 Å². The molecule has 1 heterocycles. The Kier molecular flexibility index (Phi) is 3.05. The summed E-state index contributed by atoms with van der Waals surface area (Å²) in [5.74, 6) is -1.02. The van der Waals surface area contributed by atoms with Crippen LogP contribution in [0.4, 0.5) is 17.1 Å². The molecule has 0 atom stereocenters. The largest absolute Gasteiger partial charge is 0.480 e. The smallest absolute Gasteiger partial charge is 0.323 e. The molecule has 0 bridgehead atoms. The Morgan fingerprint density at radius 2 is 2.33 bits per heavy atom. The third-order valence-electron chi connectivity index (χ3n) is 2.90. The van der Waals surface area contributed by atoms with E-state index in [2.05, 4.69) is 5.32 Å². The molecule has 2 N–H and O–H groups in total. The molecule has 1 aliphatic rings. The van der Waals surface area contributed by atoms with Crippen LogP contribution in [0.15, 0.2) is 12.1 Å². The summed E-state index contributed by atoms with van der Waals surface area (Å²) < 4.78 is 0. The number of anilines is 2. The van der Waals surface area contributed by atoms with E-state index >= 15 is 0 Å². The molecule has 0 aromatic heterocycles. The highest BCUT2D eigenvalue weighted by Crippen LogP contribution is 2.38. The van der Waals surface area contributed by atoms with Crippen molar-refractivity contribution in [3.05, 3.63) is 27.8 Å². The number of aliphatic carboxylic acids is 1. The molecule has 0 spiro atoms. The van der Waals surface area contributed by atoms with Crippen LogP contribution in [0.25, 0.3) is 0 Å². The predicted octanol–water partition coefficient (Wildman–Crippen LogP) is 1.08. The molecule has 0 radical (unpaired) electrons. The first kappa shape index (κ1) is 12.2. The molecule has 0 saturated carbocycles. The average Bonchev–Trinajstić information content (AvgIpc) is 2.73. The number of fused-ring (bicyclic) bond motifs is 1. The van der Waals surface area contributed by atoms with Gasteiger partial charge in [0.1, 0.15) is 12.2 Å². The number of nitrogens with one attached hydrogen (secondary N) is 1. The number of nitro groups is 1. The second-order valence-electron chi connectivity index (χ2n) is 4.14. The Hall–Kier alpha value is -2.31. The van der Waals surface area contributed by atoms with E-state index in [1.54, 1.807) is 13.1 Å². The van der Waals surface area contributed by atoms with E-state index in [4.69, 9.17) is 5.11 Å². The van der Waals surface area contributed by atoms with Gasteiger partial charge in [0.25, 0.3) is 5.69 Å². The first-order valence-electron chi connectivity index (χ1n) is 5.47. The van der Waals surface area contributed by atoms with Crippen molar-refractivity contribution in [1.82, 2.24) is 0 Å². The van der Waals surface area contributed by atoms with Crippen molar-refractivity contribution in [2.45, 2.75) is 6.42 Å². The SMILES string of the molecule is CN(CC(=O)O)c1c([N+](=O)[O-])ccc2c1CCN2. The fraction of sp³-hybridized carbons (Fsp3) is 0.364. The second-order valence-corrected chi connectivity index (χ2v) is 4.14. The van der Waals surface area contributed by atoms with E-state index in [-0.39, 0.29) is 12.2 Å². The molecule has 2 rings (SSSR count). The van der Waals surface area contributed by atoms with Gasteiger partial charge in [-0.25, -0.2) is 0 Å². The predicted molar refractivity (Wildman–Crippen MR) is 66.2 cm³/mol. The van der Waals surface area contributed by atoms with Gasteiger partial charge in [-0.15, -0.1) is 0 Å². The normalized spacial score (nSPS) is 12.7. The molecule has 1 aromatic rings. The lowest BCUT2D eigenvalue weighted by atomic mass is 10.1. The quantitative estimate of drug-likeness (QED) is 0.614. The van der Waals surface area contributed by atoms with Gasteiger partial charge in [-0.3, -0.25) is 14.9 Å². The maximum absolute atomic E-state index is 11.0. The van der Waals surface area contributed by atoms with Crippen molar-refractivity contribution in [3.8, 4) is 0 Å². The maximum atomic E-state index is 11.0. The standard InChI is InChI=1S/C11H13N3O4/c1-13(6-10(15)16)11-7-4-5-12-8(7)2-3-9(11)14(17)18/h2-3,12H,4-6H2,1H3,(H,15,16). The minimum atomic E-state index is -1.02. The summed E-state index contributed by atoms with van der Waals surface area (Å²) in [6.45, 7) is 0.446. The monoisotopic (exact) mass is 251 g/mol. The van der Waals surface area contributed by atoms with Gasteiger partial charge in [0.15, 0.2) is 0 Å². The minimum absolute atomic E-state index is 0.0544. The van der Waals surface area contributed by atoms with E-state index in [1.807, 2.05) is 0 Å². The van der Waals surface area contributed by atoms with Crippen molar-refractivity contribution in [2.24, 2.45) is 0 Å². The highest BCUT2D eigenvalue weighted by molar-refractivity contribution is 5.81. The van der Waals surface area contributed by atoms with Crippen molar-refractivity contribution in [1.29, 1.82) is 0 Å². The van der Waals surface area contributed by atoms with E-state index in [9.17, 15) is 14.9 Å². The lowest BCUT2D eigenvalue weighted by molar-refractivity contribution is -0.384. The first-order valence-corrected chi connectivity index (χ1v) is 5.47. The number of nitro benzene ring substituents is 1. The molecule has 7 heteroatoms. The van der Waals surface area contributed by atoms with Crippen LogP contribution in [0.2, 0.25) is 0 Å². The third kappa shape index (κ3) is 2.06. The maximum Gasteiger partial charge on any atom is 0.323 e. The van der Waals surface area contributed by atoms with Gasteiger partial charge in [0.2, 0.25) is 0 Å². The summed E-state index contributed by atoms with van der Waals surface area (Å²) in [5.41, 5.74) is 1.99. The molecule has 0 saturated heterocycles. The number of likely N-dealkylation sites (N-methyl/N-ethyl adjacent to an activating group) is 1. The van der Waals surface area contributed by atoms with Gasteiger partial charge in [0, 0.05) is 30.9 Å². The summed E-state index contributed by atoms with van der Waals surface area (Å²) in [5, 5.41) is 22.9. The summed E-state index contributed by atoms with van der Waals surface area (Å²) in [7, 11) is 1.55. The number of hydrogen-bond acceptors (Lipinski definition) is 5. The second kappa shape index (κ2) is 4.52. The highest BCUT2D eigenvalue weighted by Gasteiger charge is 2.26. The Bertz CT molecular complexity index is 515. The summed E-state index contributed by atoms with van der Waals surface area (Å²) in [4.78, 5) is 22.7. The Labute approximate surface area is 103 Å². The van der Waals surface area contributed by atoms with Gasteiger partial charge < -0.3 is 15.3 Å². The van der Waals surface area contributed by atoms with Crippen LogP contribution in [0.3, 0.4) is 0 Å². The van der Waals surface area contributed by atoms with E-state index in [0.717, 1.165) is 11.3 Å². The third-order valence-corrected chi connectivity index (χ3v) is 2.90. The van der Waals surface area contributed by atoms with Crippen LogP contribution in [-0.2, 0) is 11.2 Å². The fourth-order valence-corrected chi connectivity index (χ4v) is 2.22. The van der Waals surface area contributed by atoms with Gasteiger partial charge in [0.05, 0.1) is 4.92 Å². The molecular formula is C11H13N3O4. The van der Waals surface area contributed by atoms with Crippen molar-refractivity contribution >= 4 is 23.0 Å². The molecule has 18 heavy (non-hydrogen) atoms. The number of carboxylic acids is 1. The molecule has 0 unspecified atom stereocenters. The summed E-state index contributed by atoms with van der Waals surface area (Å²) in [6.07, 6.45) is 0.663. The highest BCUT2D eigenvalue weighted by atomic mass is 16.6. The molecular weight excluding hydrogens is 238 g/mol. The lowest BCUT2D eigenvalue weighted by Crippen LogP contribution is -2.26. The molecule has 0 fully saturated rings. The van der Waals surface area contributed by atoms with E-state index in [0.29, 0.717) is 18.7 Å². The van der Waals surface area contributed by atoms with Gasteiger partial charge in [-0.2, -0.15) is 0 Å². The van der Waals surface area contributed by atoms with Crippen molar-refractivity contribution < 1.29 is 14.8 Å². The number of nitrogens with zero attached hydrogens (tertiary/aromatic N) is 2. The van der Waals surface area contributed by atoms with Gasteiger partial charge >= 0.3 is 5.97 Å². The molecule has 1 aromatic carbocycles. The molecule has 96 valence electrons. The zero-order valence-electron chi connectivity index (χ0n) is 9.84. The number of hydrogen-bond donors (Lipinski definition) is 2. The molecule has 1 aliphatic heterocycles. The van der Waals surface area contributed by atoms with Crippen LogP contribution in [0, 0.1) is 10.1 Å². The van der Waals surface area contributed by atoms with Crippen LogP contribution < -0.4 is 10.2 Å². The van der Waals surface area contributed by atoms with Crippen molar-refractivity contribution in [3.63, 3.8) is 0 Å². The average molecular weight is 251 g/mol. The number of benzene rings is 1. The van der Waals surface area contributed by atoms with Crippen LogP contribution in [0.5, 0.6) is 0 Å². The van der Waals surface area contributed by atoms with Crippen LogP contribution in [-0.4, -0.2) is 36.1 Å². The lowest BCUT2D eigenvalue weighted by Gasteiger charge is -2.19. The van der Waals surface area contributed by atoms with Gasteiger partial charge in [-0.05, 0) is 12.5 Å². The van der Waals surface area contributed by atoms with E-state index < -0.39 is 10.9 Å². The number of rotatable bonds is 4. The van der Waals surface area contributed by atoms with Crippen LogP contribution >= 0.6 is 0 Å². The summed E-state index contributed by atoms with van der Waals surface area (Å²) in [6, 6.07) is 3.07. The Balaban J connectivity index is 2.51. The minimum Gasteiger partial charge on any atom is -0.480 e. The zero-order chi connectivity index (χ0) is 13.3. The molecule has 7 nitrogen and oxygen atoms in total. The Morgan fingerprint density at radius 3 is 2.94 bits per heavy atom. The Morgan fingerprint density at radius 1 is 1.61 bits per heavy atom. The molecule has 0 aliphatic carbocycles. The molecule has 0 amide bonds. The van der Waals surface area contributed by atoms with Gasteiger partial charge in [-0.1, -0.05) is 0 Å². The van der Waals surface area contributed by atoms with Crippen LogP contribution in [0.1, 0.15) is 5.56 Å². The summed E-state index contributed by atoms with van der Waals surface area (Å²) >= 11 is 0. The number of carboxylic acid groups (broad SMARTS) is 1. The van der Waals surface area contributed by atoms with Crippen molar-refractivity contribution in [2.75, 3.05) is 30.4 Å². The first-order chi connectivity index (χ1) is 8.50. The zero-order valence-corrected chi connectivity index (χ0v) is 9.84. The fourth-order valence-electron chi connectivity index (χ4n) is 2.22. The topological polar surface area (TPSA) is 95.7 Å².